The first kappa shape index (κ1) is 17.1. The van der Waals surface area contributed by atoms with Gasteiger partial charge in [0.15, 0.2) is 5.82 Å². The second-order valence-electron chi connectivity index (χ2n) is 6.61. The van der Waals surface area contributed by atoms with E-state index >= 15 is 0 Å². The molecular weight excluding hydrogens is 348 g/mol. The second kappa shape index (κ2) is 7.14. The third-order valence-electron chi connectivity index (χ3n) is 4.96. The summed E-state index contributed by atoms with van der Waals surface area (Å²) in [6.45, 7) is 1.68. The van der Waals surface area contributed by atoms with Crippen molar-refractivity contribution < 1.29 is 4.79 Å². The fourth-order valence-electron chi connectivity index (χ4n) is 3.43. The summed E-state index contributed by atoms with van der Waals surface area (Å²) in [5.74, 6) is 1.73. The minimum absolute atomic E-state index is 0.185. The Balaban J connectivity index is 1.42. The van der Waals surface area contributed by atoms with Gasteiger partial charge >= 0.3 is 0 Å². The molecule has 0 unspecified atom stereocenters. The Morgan fingerprint density at radius 2 is 2.11 bits per heavy atom. The third-order valence-corrected chi connectivity index (χ3v) is 4.96. The SMILES string of the molecule is Cn1c(Cn2cncn2)nnc1C1CCN(C(=O)c2ccc[nH]c2=O)CC1. The van der Waals surface area contributed by atoms with Crippen molar-refractivity contribution in [3.63, 3.8) is 0 Å². The van der Waals surface area contributed by atoms with Gasteiger partial charge in [-0.15, -0.1) is 10.2 Å². The van der Waals surface area contributed by atoms with Crippen LogP contribution in [0.1, 0.15) is 40.8 Å². The highest BCUT2D eigenvalue weighted by Gasteiger charge is 2.28. The molecule has 1 N–H and O–H groups in total. The zero-order valence-electron chi connectivity index (χ0n) is 14.9. The Hall–Kier alpha value is -3.30. The van der Waals surface area contributed by atoms with Gasteiger partial charge in [-0.3, -0.25) is 9.59 Å². The summed E-state index contributed by atoms with van der Waals surface area (Å²) < 4.78 is 3.69. The van der Waals surface area contributed by atoms with Crippen LogP contribution in [0.25, 0.3) is 0 Å². The molecule has 27 heavy (non-hydrogen) atoms. The van der Waals surface area contributed by atoms with E-state index in [0.29, 0.717) is 19.6 Å². The van der Waals surface area contributed by atoms with Crippen molar-refractivity contribution >= 4 is 5.91 Å². The van der Waals surface area contributed by atoms with Gasteiger partial charge in [0.05, 0.1) is 0 Å². The number of nitrogens with one attached hydrogen (secondary N) is 1. The van der Waals surface area contributed by atoms with Crippen molar-refractivity contribution in [2.24, 2.45) is 7.05 Å². The van der Waals surface area contributed by atoms with Crippen molar-refractivity contribution in [2.75, 3.05) is 13.1 Å². The fourth-order valence-corrected chi connectivity index (χ4v) is 3.43. The van der Waals surface area contributed by atoms with E-state index in [1.807, 2.05) is 11.6 Å². The molecule has 1 amide bonds. The molecule has 1 saturated heterocycles. The van der Waals surface area contributed by atoms with Gasteiger partial charge in [0.25, 0.3) is 11.5 Å². The zero-order chi connectivity index (χ0) is 18.8. The van der Waals surface area contributed by atoms with Crippen molar-refractivity contribution in [3.8, 4) is 0 Å². The summed E-state index contributed by atoms with van der Waals surface area (Å²) in [5, 5.41) is 12.7. The van der Waals surface area contributed by atoms with E-state index in [1.54, 1.807) is 28.0 Å². The maximum Gasteiger partial charge on any atom is 0.260 e. The molecule has 3 aromatic rings. The van der Waals surface area contributed by atoms with Crippen molar-refractivity contribution in [1.29, 1.82) is 0 Å². The highest BCUT2D eigenvalue weighted by molar-refractivity contribution is 5.93. The molecule has 140 valence electrons. The Morgan fingerprint density at radius 1 is 1.30 bits per heavy atom. The minimum atomic E-state index is -0.351. The number of carbonyl (C=O) groups excluding carboxylic acids is 1. The molecule has 3 aromatic heterocycles. The van der Waals surface area contributed by atoms with Crippen molar-refractivity contribution in [3.05, 3.63) is 58.6 Å². The average Bonchev–Trinajstić information content (AvgIpc) is 3.33. The maximum absolute atomic E-state index is 12.6. The summed E-state index contributed by atoms with van der Waals surface area (Å²) in [5.41, 5.74) is -0.166. The van der Waals surface area contributed by atoms with E-state index in [9.17, 15) is 9.59 Å². The molecule has 10 heteroatoms. The molecule has 0 aromatic carbocycles. The topological polar surface area (TPSA) is 115 Å². The zero-order valence-corrected chi connectivity index (χ0v) is 14.9. The Bertz CT molecular complexity index is 983. The van der Waals surface area contributed by atoms with Crippen LogP contribution in [-0.4, -0.2) is 58.4 Å². The Kier molecular flexibility index (Phi) is 4.53. The standard InChI is InChI=1S/C17H20N8O2/c1-23-14(9-25-11-18-10-20-25)21-22-15(23)12-4-7-24(8-5-12)17(27)13-3-2-6-19-16(13)26/h2-3,6,10-12H,4-5,7-9H2,1H3,(H,19,26). The lowest BCUT2D eigenvalue weighted by Gasteiger charge is -2.31. The van der Waals surface area contributed by atoms with Gasteiger partial charge in [-0.1, -0.05) is 0 Å². The fraction of sp³-hybridized carbons (Fsp3) is 0.412. The average molecular weight is 368 g/mol. The molecule has 4 rings (SSSR count). The van der Waals surface area contributed by atoms with Gasteiger partial charge in [-0.05, 0) is 25.0 Å². The third kappa shape index (κ3) is 3.37. The quantitative estimate of drug-likeness (QED) is 0.702. The number of hydrogen-bond acceptors (Lipinski definition) is 6. The van der Waals surface area contributed by atoms with Crippen LogP contribution in [0.5, 0.6) is 0 Å². The lowest BCUT2D eigenvalue weighted by Crippen LogP contribution is -2.40. The van der Waals surface area contributed by atoms with Gasteiger partial charge in [-0.25, -0.2) is 9.67 Å². The van der Waals surface area contributed by atoms with Crippen LogP contribution in [0.2, 0.25) is 0 Å². The summed E-state index contributed by atoms with van der Waals surface area (Å²) in [6, 6.07) is 3.23. The molecule has 1 aliphatic rings. The molecule has 4 heterocycles. The van der Waals surface area contributed by atoms with Gasteiger partial charge in [0.1, 0.15) is 30.6 Å². The number of aromatic nitrogens is 7. The van der Waals surface area contributed by atoms with Crippen molar-refractivity contribution in [2.45, 2.75) is 25.3 Å². The number of likely N-dealkylation sites (tertiary alicyclic amines) is 1. The maximum atomic E-state index is 12.6. The van der Waals surface area contributed by atoms with Gasteiger partial charge < -0.3 is 14.5 Å². The normalized spacial score (nSPS) is 15.2. The van der Waals surface area contributed by atoms with Crippen LogP contribution in [-0.2, 0) is 13.6 Å². The van der Waals surface area contributed by atoms with E-state index < -0.39 is 0 Å². The molecule has 0 aliphatic carbocycles. The van der Waals surface area contributed by atoms with Crippen LogP contribution < -0.4 is 5.56 Å². The number of rotatable bonds is 4. The van der Waals surface area contributed by atoms with Gasteiger partial charge in [-0.2, -0.15) is 5.10 Å². The molecule has 0 bridgehead atoms. The monoisotopic (exact) mass is 368 g/mol. The molecule has 0 radical (unpaired) electrons. The van der Waals surface area contributed by atoms with Crippen LogP contribution in [0, 0.1) is 0 Å². The van der Waals surface area contributed by atoms with E-state index in [4.69, 9.17) is 0 Å². The predicted octanol–water partition coefficient (Wildman–Crippen LogP) is 0.163. The summed E-state index contributed by atoms with van der Waals surface area (Å²) in [4.78, 5) is 32.6. The molecule has 1 aliphatic heterocycles. The first-order valence-electron chi connectivity index (χ1n) is 8.81. The number of pyridine rings is 1. The van der Waals surface area contributed by atoms with Gasteiger partial charge in [0.2, 0.25) is 0 Å². The highest BCUT2D eigenvalue weighted by Crippen LogP contribution is 2.27. The lowest BCUT2D eigenvalue weighted by atomic mass is 9.95. The molecule has 0 atom stereocenters. The largest absolute Gasteiger partial charge is 0.338 e. The number of aromatic amines is 1. The van der Waals surface area contributed by atoms with Gasteiger partial charge in [0, 0.05) is 32.3 Å². The lowest BCUT2D eigenvalue weighted by molar-refractivity contribution is 0.0708. The number of hydrogen-bond donors (Lipinski definition) is 1. The van der Waals surface area contributed by atoms with E-state index in [1.165, 1.54) is 12.5 Å². The van der Waals surface area contributed by atoms with E-state index in [2.05, 4.69) is 25.3 Å². The van der Waals surface area contributed by atoms with E-state index in [0.717, 1.165) is 24.5 Å². The van der Waals surface area contributed by atoms with Crippen LogP contribution >= 0.6 is 0 Å². The molecule has 0 saturated carbocycles. The van der Waals surface area contributed by atoms with Crippen LogP contribution in [0.3, 0.4) is 0 Å². The predicted molar refractivity (Wildman–Crippen MR) is 95.1 cm³/mol. The van der Waals surface area contributed by atoms with Crippen LogP contribution in [0.4, 0.5) is 0 Å². The smallest absolute Gasteiger partial charge is 0.260 e. The number of nitrogens with zero attached hydrogens (tertiary/aromatic N) is 7. The first-order valence-corrected chi connectivity index (χ1v) is 8.81. The number of carbonyl (C=O) groups is 1. The Morgan fingerprint density at radius 3 is 2.81 bits per heavy atom. The second-order valence-corrected chi connectivity index (χ2v) is 6.61. The van der Waals surface area contributed by atoms with E-state index in [-0.39, 0.29) is 22.9 Å². The molecule has 1 fully saturated rings. The molecular formula is C17H20N8O2. The number of H-pyrrole nitrogens is 1. The first-order chi connectivity index (χ1) is 13.1. The number of piperidine rings is 1. The van der Waals surface area contributed by atoms with Crippen LogP contribution in [0.15, 0.2) is 35.8 Å². The summed E-state index contributed by atoms with van der Waals surface area (Å²) in [7, 11) is 1.95. The van der Waals surface area contributed by atoms with Crippen molar-refractivity contribution in [1.82, 2.24) is 39.4 Å². The minimum Gasteiger partial charge on any atom is -0.338 e. The highest BCUT2D eigenvalue weighted by atomic mass is 16.2. The summed E-state index contributed by atoms with van der Waals surface area (Å²) >= 11 is 0. The Labute approximate surface area is 154 Å². The number of amides is 1. The molecule has 10 nitrogen and oxygen atoms in total. The summed E-state index contributed by atoms with van der Waals surface area (Å²) in [6.07, 6.45) is 6.22. The molecule has 0 spiro atoms.